The summed E-state index contributed by atoms with van der Waals surface area (Å²) in [5, 5.41) is 11.0. The molecule has 3 rings (SSSR count). The summed E-state index contributed by atoms with van der Waals surface area (Å²) < 4.78 is 5.61. The smallest absolute Gasteiger partial charge is 0.295 e. The van der Waals surface area contributed by atoms with Crippen molar-refractivity contribution in [3.63, 3.8) is 0 Å². The first-order chi connectivity index (χ1) is 13.8. The molecule has 29 heavy (non-hydrogen) atoms. The van der Waals surface area contributed by atoms with Crippen molar-refractivity contribution in [1.29, 1.82) is 0 Å². The number of aryl methyl sites for hydroxylation is 2. The lowest BCUT2D eigenvalue weighted by Crippen LogP contribution is -2.33. The zero-order valence-corrected chi connectivity index (χ0v) is 17.3. The van der Waals surface area contributed by atoms with E-state index in [0.717, 1.165) is 16.7 Å². The number of carbonyl (C=O) groups is 2. The van der Waals surface area contributed by atoms with E-state index < -0.39 is 17.7 Å². The van der Waals surface area contributed by atoms with E-state index in [2.05, 4.69) is 0 Å². The molecule has 0 spiro atoms. The molecule has 1 fully saturated rings. The molecule has 0 aromatic heterocycles. The van der Waals surface area contributed by atoms with Gasteiger partial charge in [-0.05, 0) is 33.3 Å². The first-order valence-electron chi connectivity index (χ1n) is 9.83. The van der Waals surface area contributed by atoms with Crippen molar-refractivity contribution in [1.82, 2.24) is 4.90 Å². The van der Waals surface area contributed by atoms with Gasteiger partial charge in [0.05, 0.1) is 24.3 Å². The van der Waals surface area contributed by atoms with Gasteiger partial charge in [-0.25, -0.2) is 0 Å². The first kappa shape index (κ1) is 20.8. The molecule has 1 amide bonds. The Morgan fingerprint density at radius 1 is 1.07 bits per heavy atom. The average Bonchev–Trinajstić information content (AvgIpc) is 2.93. The van der Waals surface area contributed by atoms with Gasteiger partial charge in [-0.3, -0.25) is 9.59 Å². The molecule has 2 aromatic rings. The highest BCUT2D eigenvalue weighted by Gasteiger charge is 2.45. The minimum atomic E-state index is -0.667. The summed E-state index contributed by atoms with van der Waals surface area (Å²) in [6, 6.07) is 14.3. The van der Waals surface area contributed by atoms with Crippen LogP contribution in [-0.4, -0.2) is 41.0 Å². The van der Waals surface area contributed by atoms with Crippen LogP contribution in [0.5, 0.6) is 0 Å². The SMILES string of the molecule is Cc1ccc(/C(O)=C2/C(=O)C(=O)N(CCOC(C)C)C2c2cccc(C)c2)cc1. The zero-order chi connectivity index (χ0) is 21.1. The van der Waals surface area contributed by atoms with Crippen LogP contribution in [0.3, 0.4) is 0 Å². The summed E-state index contributed by atoms with van der Waals surface area (Å²) in [4.78, 5) is 27.2. The molecule has 1 aliphatic heterocycles. The molecule has 5 heteroatoms. The maximum Gasteiger partial charge on any atom is 0.295 e. The maximum absolute atomic E-state index is 12.9. The third-order valence-corrected chi connectivity index (χ3v) is 5.01. The molecular weight excluding hydrogens is 366 g/mol. The number of rotatable bonds is 6. The number of ether oxygens (including phenoxy) is 1. The van der Waals surface area contributed by atoms with Crippen molar-refractivity contribution in [3.05, 3.63) is 76.4 Å². The highest BCUT2D eigenvalue weighted by Crippen LogP contribution is 2.39. The largest absolute Gasteiger partial charge is 0.507 e. The summed E-state index contributed by atoms with van der Waals surface area (Å²) in [6.07, 6.45) is 0.0248. The van der Waals surface area contributed by atoms with Gasteiger partial charge in [-0.2, -0.15) is 0 Å². The number of likely N-dealkylation sites (tertiary alicyclic amines) is 1. The summed E-state index contributed by atoms with van der Waals surface area (Å²) in [7, 11) is 0. The third-order valence-electron chi connectivity index (χ3n) is 5.01. The number of aliphatic hydroxyl groups is 1. The van der Waals surface area contributed by atoms with Gasteiger partial charge in [0.25, 0.3) is 11.7 Å². The lowest BCUT2D eigenvalue weighted by Gasteiger charge is -2.26. The van der Waals surface area contributed by atoms with Gasteiger partial charge in [0.2, 0.25) is 0 Å². The van der Waals surface area contributed by atoms with Crippen LogP contribution in [-0.2, 0) is 14.3 Å². The number of aliphatic hydroxyl groups excluding tert-OH is 1. The second-order valence-electron chi connectivity index (χ2n) is 7.69. The molecule has 1 unspecified atom stereocenters. The van der Waals surface area contributed by atoms with Gasteiger partial charge in [0, 0.05) is 12.1 Å². The van der Waals surface area contributed by atoms with Crippen LogP contribution < -0.4 is 0 Å². The van der Waals surface area contributed by atoms with Crippen molar-refractivity contribution >= 4 is 17.4 Å². The van der Waals surface area contributed by atoms with E-state index in [-0.39, 0.29) is 24.0 Å². The molecule has 1 aliphatic rings. The molecule has 0 saturated carbocycles. The summed E-state index contributed by atoms with van der Waals surface area (Å²) >= 11 is 0. The second kappa shape index (κ2) is 8.62. The van der Waals surface area contributed by atoms with Crippen LogP contribution in [0, 0.1) is 13.8 Å². The fourth-order valence-corrected chi connectivity index (χ4v) is 3.55. The number of ketones is 1. The molecule has 0 radical (unpaired) electrons. The average molecular weight is 393 g/mol. The molecule has 2 aromatic carbocycles. The number of Topliss-reactive ketones (excluding diaryl/α,β-unsaturated/α-hetero) is 1. The van der Waals surface area contributed by atoms with Gasteiger partial charge in [-0.15, -0.1) is 0 Å². The number of amides is 1. The van der Waals surface area contributed by atoms with E-state index in [9.17, 15) is 14.7 Å². The van der Waals surface area contributed by atoms with E-state index in [0.29, 0.717) is 12.2 Å². The second-order valence-corrected chi connectivity index (χ2v) is 7.69. The number of hydrogen-bond acceptors (Lipinski definition) is 4. The lowest BCUT2D eigenvalue weighted by molar-refractivity contribution is -0.140. The Morgan fingerprint density at radius 2 is 1.76 bits per heavy atom. The highest BCUT2D eigenvalue weighted by atomic mass is 16.5. The van der Waals surface area contributed by atoms with Gasteiger partial charge in [-0.1, -0.05) is 59.7 Å². The number of benzene rings is 2. The van der Waals surface area contributed by atoms with Gasteiger partial charge >= 0.3 is 0 Å². The molecule has 1 N–H and O–H groups in total. The number of hydrogen-bond donors (Lipinski definition) is 1. The van der Waals surface area contributed by atoms with Crippen LogP contribution in [0.25, 0.3) is 5.76 Å². The predicted octanol–water partition coefficient (Wildman–Crippen LogP) is 4.15. The van der Waals surface area contributed by atoms with Crippen LogP contribution in [0.1, 0.15) is 42.1 Å². The van der Waals surface area contributed by atoms with Gasteiger partial charge < -0.3 is 14.7 Å². The summed E-state index contributed by atoms with van der Waals surface area (Å²) in [5.74, 6) is -1.43. The topological polar surface area (TPSA) is 66.8 Å². The highest BCUT2D eigenvalue weighted by molar-refractivity contribution is 6.46. The van der Waals surface area contributed by atoms with Gasteiger partial charge in [0.1, 0.15) is 5.76 Å². The fourth-order valence-electron chi connectivity index (χ4n) is 3.55. The Bertz CT molecular complexity index is 944. The summed E-state index contributed by atoms with van der Waals surface area (Å²) in [5.41, 5.74) is 3.49. The molecule has 1 atom stereocenters. The van der Waals surface area contributed by atoms with E-state index in [4.69, 9.17) is 4.74 Å². The molecular formula is C24H27NO4. The lowest BCUT2D eigenvalue weighted by atomic mass is 9.94. The monoisotopic (exact) mass is 393 g/mol. The molecule has 1 heterocycles. The van der Waals surface area contributed by atoms with Gasteiger partial charge in [0.15, 0.2) is 0 Å². The Morgan fingerprint density at radius 3 is 2.38 bits per heavy atom. The first-order valence-corrected chi connectivity index (χ1v) is 9.83. The zero-order valence-electron chi connectivity index (χ0n) is 17.3. The van der Waals surface area contributed by atoms with Crippen LogP contribution in [0.4, 0.5) is 0 Å². The Hall–Kier alpha value is -2.92. The predicted molar refractivity (Wildman–Crippen MR) is 112 cm³/mol. The fraction of sp³-hybridized carbons (Fsp3) is 0.333. The molecule has 5 nitrogen and oxygen atoms in total. The minimum Gasteiger partial charge on any atom is -0.507 e. The van der Waals surface area contributed by atoms with E-state index >= 15 is 0 Å². The van der Waals surface area contributed by atoms with Crippen molar-refractivity contribution < 1.29 is 19.4 Å². The quantitative estimate of drug-likeness (QED) is 0.455. The van der Waals surface area contributed by atoms with Crippen LogP contribution in [0.2, 0.25) is 0 Å². The number of nitrogens with zero attached hydrogens (tertiary/aromatic N) is 1. The third kappa shape index (κ3) is 4.40. The normalized spacial score (nSPS) is 18.7. The van der Waals surface area contributed by atoms with Crippen molar-refractivity contribution in [2.75, 3.05) is 13.2 Å². The minimum absolute atomic E-state index is 0.0248. The van der Waals surface area contributed by atoms with E-state index in [1.54, 1.807) is 12.1 Å². The van der Waals surface area contributed by atoms with Crippen LogP contribution in [0.15, 0.2) is 54.1 Å². The number of carbonyl (C=O) groups excluding carboxylic acids is 2. The van der Waals surface area contributed by atoms with E-state index in [1.807, 2.05) is 64.1 Å². The van der Waals surface area contributed by atoms with Crippen LogP contribution >= 0.6 is 0 Å². The van der Waals surface area contributed by atoms with Crippen molar-refractivity contribution in [3.8, 4) is 0 Å². The molecule has 0 aliphatic carbocycles. The van der Waals surface area contributed by atoms with E-state index in [1.165, 1.54) is 4.90 Å². The van der Waals surface area contributed by atoms with Crippen molar-refractivity contribution in [2.24, 2.45) is 0 Å². The maximum atomic E-state index is 12.9. The van der Waals surface area contributed by atoms with Crippen molar-refractivity contribution in [2.45, 2.75) is 39.8 Å². The molecule has 152 valence electrons. The standard InChI is InChI=1S/C24H27NO4/c1-15(2)29-13-12-25-21(19-7-5-6-17(4)14-19)20(23(27)24(25)28)22(26)18-10-8-16(3)9-11-18/h5-11,14-15,21,26H,12-13H2,1-4H3/b22-20-. The Balaban J connectivity index is 2.09. The summed E-state index contributed by atoms with van der Waals surface area (Å²) in [6.45, 7) is 8.33. The molecule has 1 saturated heterocycles. The Labute approximate surface area is 171 Å². The molecule has 0 bridgehead atoms. The Kier molecular flexibility index (Phi) is 6.18.